The van der Waals surface area contributed by atoms with Gasteiger partial charge in [0, 0.05) is 33.4 Å². The molecule has 3 aromatic heterocycles. The van der Waals surface area contributed by atoms with Gasteiger partial charge in [0.2, 0.25) is 0 Å². The molecule has 84 heavy (non-hydrogen) atoms. The van der Waals surface area contributed by atoms with Crippen molar-refractivity contribution in [2.75, 3.05) is 0 Å². The molecule has 7 aromatic rings. The number of benzene rings is 4. The molecule has 9 rings (SSSR count). The summed E-state index contributed by atoms with van der Waals surface area (Å²) < 4.78 is 148. The van der Waals surface area contributed by atoms with Crippen molar-refractivity contribution >= 4 is 86.8 Å². The third-order valence-corrected chi connectivity index (χ3v) is 13.7. The van der Waals surface area contributed by atoms with E-state index in [1.807, 2.05) is 12.1 Å². The maximum Gasteiger partial charge on any atom is 3.00 e. The van der Waals surface area contributed by atoms with Gasteiger partial charge in [-0.1, -0.05) is 36.4 Å². The van der Waals surface area contributed by atoms with Crippen LogP contribution in [-0.4, -0.2) is 71.4 Å². The van der Waals surface area contributed by atoms with Crippen LogP contribution in [0.4, 0.5) is 0 Å². The number of fused-ring (bicyclic) bond motifs is 8. The second kappa shape index (κ2) is 37.2. The van der Waals surface area contributed by atoms with Crippen LogP contribution in [-0.2, 0) is 108 Å². The fourth-order valence-electron chi connectivity index (χ4n) is 7.55. The Morgan fingerprint density at radius 1 is 0.357 bits per heavy atom. The summed E-state index contributed by atoms with van der Waals surface area (Å²) in [7, 11) is -19.8. The number of nitrogens with one attached hydrogen (secondary N) is 1. The summed E-state index contributed by atoms with van der Waals surface area (Å²) in [5.74, 6) is 0. The first-order valence-corrected chi connectivity index (χ1v) is 26.1. The molecule has 426 valence electrons. The van der Waals surface area contributed by atoms with Gasteiger partial charge in [-0.3, -0.25) is 0 Å². The molecule has 0 atom stereocenters. The second-order valence-corrected chi connectivity index (χ2v) is 19.9. The van der Waals surface area contributed by atoms with E-state index in [1.54, 1.807) is 47.1 Å². The largest absolute Gasteiger partial charge is 3.00 e. The molecular formula is C52H26Co4N12O12S4. The molecular weight excluding hydrogens is 1350 g/mol. The molecule has 5 heterocycles. The number of H-pyrrole nitrogens is 1. The van der Waals surface area contributed by atoms with Crippen molar-refractivity contribution in [3.05, 3.63) is 203 Å². The maximum absolute atomic E-state index is 12.2. The minimum Gasteiger partial charge on any atom is -0.744 e. The van der Waals surface area contributed by atoms with Crippen molar-refractivity contribution < 1.29 is 119 Å². The molecule has 32 heteroatoms. The molecule has 1 N–H and O–H groups in total. The Hall–Kier alpha value is -8.93. The van der Waals surface area contributed by atoms with Crippen LogP contribution >= 0.6 is 0 Å². The van der Waals surface area contributed by atoms with Gasteiger partial charge in [-0.15, -0.1) is 0 Å². The number of hydrogen-bond acceptors (Lipinski definition) is 22. The van der Waals surface area contributed by atoms with Crippen LogP contribution in [0.2, 0.25) is 0 Å². The molecule has 24 nitrogen and oxygen atoms in total. The van der Waals surface area contributed by atoms with Crippen LogP contribution in [0.5, 0.6) is 0 Å². The zero-order chi connectivity index (χ0) is 61.3. The van der Waals surface area contributed by atoms with Gasteiger partial charge < -0.3 is 122 Å². The van der Waals surface area contributed by atoms with E-state index in [-0.39, 0.29) is 112 Å². The van der Waals surface area contributed by atoms with E-state index in [0.29, 0.717) is 39.2 Å². The van der Waals surface area contributed by atoms with Gasteiger partial charge in [0.05, 0.1) is 53.4 Å². The number of nitrogens with zero attached hydrogens (tertiary/aromatic N) is 11. The van der Waals surface area contributed by atoms with Gasteiger partial charge in [-0.05, 0) is 132 Å². The Labute approximate surface area is 524 Å². The zero-order valence-electron chi connectivity index (χ0n) is 41.2. The Kier molecular flexibility index (Phi) is 36.1. The molecule has 0 unspecified atom stereocenters. The van der Waals surface area contributed by atoms with Crippen LogP contribution in [0.1, 0.15) is 22.8 Å². The Bertz CT molecular complexity index is 4190. The van der Waals surface area contributed by atoms with Crippen molar-refractivity contribution in [3.63, 3.8) is 0 Å². The standard InChI is InChI=1S/C44H30N4O12S4.8CN.4Co/c49-61(50,51)35-14-1-26(2-15-35)41-39-22-11-32(47-39)24-31-8-7-29(45-31)23-30-9-10-33(46-30)25-40-42(27-3-16-36(17-4-27)62(52,53)54)43(28-5-18-37(19-6-28)63(55,56)57)44(41)48(40)34-12-20-38(21-13-34)64(58,59)60;8*1-2;;;;/h1-25,45H,(H,49,50,51)(H,52,53,54)(H,55,56,57)(H,58,59,60);;;;;;;;;;;;/q;8*-1;4*+3/p-4. The quantitative estimate of drug-likeness (QED) is 0.114. The molecule has 2 aliphatic heterocycles. The van der Waals surface area contributed by atoms with Gasteiger partial charge in [-0.2, -0.15) is 0 Å². The van der Waals surface area contributed by atoms with Crippen molar-refractivity contribution in [1.82, 2.24) is 19.5 Å². The van der Waals surface area contributed by atoms with E-state index in [4.69, 9.17) is 105 Å². The Morgan fingerprint density at radius 3 is 0.988 bits per heavy atom. The summed E-state index contributed by atoms with van der Waals surface area (Å²) in [5.41, 5.74) is 5.38. The molecule has 0 spiro atoms. The van der Waals surface area contributed by atoms with Crippen LogP contribution in [0.15, 0.2) is 147 Å². The van der Waals surface area contributed by atoms with Crippen LogP contribution in [0.25, 0.3) is 85.4 Å². The van der Waals surface area contributed by atoms with E-state index >= 15 is 0 Å². The van der Waals surface area contributed by atoms with Gasteiger partial charge in [0.1, 0.15) is 40.5 Å². The number of rotatable bonds is 8. The average molecular weight is 1370 g/mol. The summed E-state index contributed by atoms with van der Waals surface area (Å²) in [6.07, 6.45) is 6.85. The normalized spacial score (nSPS) is 10.1. The zero-order valence-corrected chi connectivity index (χ0v) is 48.6. The van der Waals surface area contributed by atoms with Gasteiger partial charge in [-0.25, -0.2) is 43.6 Å². The van der Waals surface area contributed by atoms with Crippen molar-refractivity contribution in [1.29, 1.82) is 42.1 Å². The van der Waals surface area contributed by atoms with E-state index < -0.39 is 60.1 Å². The van der Waals surface area contributed by atoms with E-state index in [2.05, 4.69) is 4.98 Å². The number of hydrogen-bond donors (Lipinski definition) is 1. The van der Waals surface area contributed by atoms with Crippen LogP contribution in [0, 0.1) is 94.7 Å². The number of aromatic amines is 1. The molecule has 0 aliphatic carbocycles. The van der Waals surface area contributed by atoms with Crippen molar-refractivity contribution in [2.45, 2.75) is 19.6 Å². The molecule has 0 saturated carbocycles. The molecule has 4 aromatic carbocycles. The summed E-state index contributed by atoms with van der Waals surface area (Å²) in [6, 6.07) is 28.7. The van der Waals surface area contributed by atoms with Crippen LogP contribution in [0.3, 0.4) is 0 Å². The molecule has 0 radical (unpaired) electrons. The maximum atomic E-state index is 12.2. The monoisotopic (exact) mass is 1370 g/mol. The molecule has 8 bridgehead atoms. The SMILES string of the molecule is O=S(=O)([O-])c1ccc(-c2c(-c3ccc(S(=O)(=O)[O-])cc3)c3c(-c4ccc(S(=O)(=O)[O-])cc4)c4nc(cc5ccc(cc6nc(cc2n3-c2ccc(S(=O)(=O)[O-])cc2)C=C6)[nH]5)C=C4)cc1.[C-]#N.[C-]#N.[C-]#N.[C-]#N.[C-]#N.[C-]#N.[C-]#N.[C-]#N.[Co+3].[Co+3].[Co+3].[Co+3]. The van der Waals surface area contributed by atoms with Crippen molar-refractivity contribution in [2.24, 2.45) is 0 Å². The minimum absolute atomic E-state index is 0. The minimum atomic E-state index is -4.96. The van der Waals surface area contributed by atoms with E-state index in [1.165, 1.54) is 48.5 Å². The fourth-order valence-corrected chi connectivity index (χ4v) is 9.43. The van der Waals surface area contributed by atoms with Crippen LogP contribution < -0.4 is 0 Å². The molecule has 0 fully saturated rings. The summed E-state index contributed by atoms with van der Waals surface area (Å²) in [6.45, 7) is 38.0. The Balaban J connectivity index is -0.00000148. The number of aromatic nitrogens is 4. The van der Waals surface area contributed by atoms with E-state index in [0.717, 1.165) is 48.5 Å². The predicted molar refractivity (Wildman–Crippen MR) is 272 cm³/mol. The summed E-state index contributed by atoms with van der Waals surface area (Å²) in [5, 5.41) is 50.0. The summed E-state index contributed by atoms with van der Waals surface area (Å²) in [4.78, 5) is 10.9. The third-order valence-electron chi connectivity index (χ3n) is 10.3. The summed E-state index contributed by atoms with van der Waals surface area (Å²) >= 11 is 0. The molecule has 2 aliphatic rings. The smallest absolute Gasteiger partial charge is 0.744 e. The topological polar surface area (TPSA) is 466 Å². The molecule has 0 amide bonds. The van der Waals surface area contributed by atoms with Crippen molar-refractivity contribution in [3.8, 4) is 39.1 Å². The first kappa shape index (κ1) is 81.5. The second-order valence-electron chi connectivity index (χ2n) is 14.4. The first-order valence-electron chi connectivity index (χ1n) is 20.4. The predicted octanol–water partition coefficient (Wildman–Crippen LogP) is 7.50. The third kappa shape index (κ3) is 19.9. The Morgan fingerprint density at radius 2 is 0.643 bits per heavy atom. The van der Waals surface area contributed by atoms with Gasteiger partial charge >= 0.3 is 67.1 Å². The fraction of sp³-hybridized carbons (Fsp3) is 0. The molecule has 0 saturated heterocycles. The van der Waals surface area contributed by atoms with Gasteiger partial charge in [0.25, 0.3) is 0 Å². The average Bonchev–Trinajstić information content (AvgIpc) is 4.32. The first-order chi connectivity index (χ1) is 38.2. The van der Waals surface area contributed by atoms with Gasteiger partial charge in [0.15, 0.2) is 0 Å². The van der Waals surface area contributed by atoms with E-state index in [9.17, 15) is 51.9 Å².